The van der Waals surface area contributed by atoms with Crippen LogP contribution in [0.15, 0.2) is 23.1 Å². The van der Waals surface area contributed by atoms with E-state index in [1.807, 2.05) is 6.92 Å². The molecule has 0 radical (unpaired) electrons. The summed E-state index contributed by atoms with van der Waals surface area (Å²) in [5.74, 6) is -0.643. The number of rotatable bonds is 5. The van der Waals surface area contributed by atoms with Gasteiger partial charge in [-0.1, -0.05) is 13.0 Å². The standard InChI is InChI=1S/C13H21N3O3S/c1-9-5-6-12(11(14)7-9)20(18,19)16(4)8-10(2)13(17)15-3/h5-7,10H,8,14H2,1-4H3,(H,15,17). The molecule has 1 aromatic rings. The van der Waals surface area contributed by atoms with Crippen molar-refractivity contribution in [2.24, 2.45) is 5.92 Å². The van der Waals surface area contributed by atoms with Crippen molar-refractivity contribution in [3.8, 4) is 0 Å². The predicted molar refractivity (Wildman–Crippen MR) is 78.6 cm³/mol. The molecule has 1 aromatic carbocycles. The lowest BCUT2D eigenvalue weighted by atomic mass is 10.2. The summed E-state index contributed by atoms with van der Waals surface area (Å²) in [6.07, 6.45) is 0. The van der Waals surface area contributed by atoms with Crippen molar-refractivity contribution in [2.75, 3.05) is 26.4 Å². The van der Waals surface area contributed by atoms with E-state index in [1.54, 1.807) is 19.1 Å². The molecule has 0 saturated carbocycles. The molecular formula is C13H21N3O3S. The first-order valence-corrected chi connectivity index (χ1v) is 7.68. The second-order valence-corrected chi connectivity index (χ2v) is 6.86. The molecule has 7 heteroatoms. The van der Waals surface area contributed by atoms with Crippen LogP contribution < -0.4 is 11.1 Å². The molecule has 6 nitrogen and oxygen atoms in total. The molecule has 3 N–H and O–H groups in total. The molecule has 20 heavy (non-hydrogen) atoms. The molecule has 0 aliphatic carbocycles. The van der Waals surface area contributed by atoms with Crippen LogP contribution in [0.5, 0.6) is 0 Å². The molecule has 0 aliphatic rings. The fourth-order valence-corrected chi connectivity index (χ4v) is 3.24. The summed E-state index contributed by atoms with van der Waals surface area (Å²) < 4.78 is 26.0. The van der Waals surface area contributed by atoms with E-state index in [4.69, 9.17) is 5.73 Å². The number of amides is 1. The van der Waals surface area contributed by atoms with Crippen molar-refractivity contribution in [3.05, 3.63) is 23.8 Å². The first kappa shape index (κ1) is 16.5. The maximum Gasteiger partial charge on any atom is 0.244 e. The summed E-state index contributed by atoms with van der Waals surface area (Å²) in [5.41, 5.74) is 6.88. The normalized spacial score (nSPS) is 13.2. The molecule has 1 unspecified atom stereocenters. The Balaban J connectivity index is 3.01. The van der Waals surface area contributed by atoms with Crippen LogP contribution in [0.3, 0.4) is 0 Å². The summed E-state index contributed by atoms with van der Waals surface area (Å²) in [6, 6.07) is 4.79. The van der Waals surface area contributed by atoms with Crippen LogP contribution in [0.25, 0.3) is 0 Å². The van der Waals surface area contributed by atoms with E-state index >= 15 is 0 Å². The van der Waals surface area contributed by atoms with E-state index < -0.39 is 15.9 Å². The topological polar surface area (TPSA) is 92.5 Å². The molecule has 0 aromatic heterocycles. The van der Waals surface area contributed by atoms with Gasteiger partial charge >= 0.3 is 0 Å². The van der Waals surface area contributed by atoms with E-state index in [9.17, 15) is 13.2 Å². The minimum absolute atomic E-state index is 0.0645. The summed E-state index contributed by atoms with van der Waals surface area (Å²) in [6.45, 7) is 3.60. The Hall–Kier alpha value is -1.60. The average molecular weight is 299 g/mol. The monoisotopic (exact) mass is 299 g/mol. The summed E-state index contributed by atoms with van der Waals surface area (Å²) >= 11 is 0. The van der Waals surface area contributed by atoms with Gasteiger partial charge in [0.1, 0.15) is 4.90 Å². The fourth-order valence-electron chi connectivity index (χ4n) is 1.88. The van der Waals surface area contributed by atoms with E-state index in [-0.39, 0.29) is 23.0 Å². The van der Waals surface area contributed by atoms with Crippen molar-refractivity contribution in [2.45, 2.75) is 18.7 Å². The molecule has 0 aliphatic heterocycles. The quantitative estimate of drug-likeness (QED) is 0.778. The van der Waals surface area contributed by atoms with Gasteiger partial charge in [0.05, 0.1) is 5.69 Å². The van der Waals surface area contributed by atoms with Crippen molar-refractivity contribution in [3.63, 3.8) is 0 Å². The Bertz CT molecular complexity index is 599. The molecule has 0 fully saturated rings. The van der Waals surface area contributed by atoms with Crippen LogP contribution in [0.1, 0.15) is 12.5 Å². The zero-order chi connectivity index (χ0) is 15.5. The summed E-state index contributed by atoms with van der Waals surface area (Å²) in [7, 11) is -0.737. The van der Waals surface area contributed by atoms with Gasteiger partial charge in [0.2, 0.25) is 15.9 Å². The van der Waals surface area contributed by atoms with Crippen LogP contribution in [-0.4, -0.2) is 39.3 Å². The number of nitrogen functional groups attached to an aromatic ring is 1. The third kappa shape index (κ3) is 3.49. The Morgan fingerprint density at radius 1 is 1.45 bits per heavy atom. The Morgan fingerprint density at radius 3 is 2.55 bits per heavy atom. The smallest absolute Gasteiger partial charge is 0.244 e. The molecule has 1 atom stereocenters. The van der Waals surface area contributed by atoms with Crippen molar-refractivity contribution in [1.29, 1.82) is 0 Å². The summed E-state index contributed by atoms with van der Waals surface area (Å²) in [4.78, 5) is 11.5. The largest absolute Gasteiger partial charge is 0.398 e. The number of carbonyl (C=O) groups excluding carboxylic acids is 1. The zero-order valence-corrected chi connectivity index (χ0v) is 13.0. The third-order valence-electron chi connectivity index (χ3n) is 3.08. The van der Waals surface area contributed by atoms with Gasteiger partial charge in [-0.2, -0.15) is 0 Å². The van der Waals surface area contributed by atoms with E-state index in [0.29, 0.717) is 0 Å². The number of hydrogen-bond donors (Lipinski definition) is 2. The lowest BCUT2D eigenvalue weighted by Crippen LogP contribution is -2.37. The van der Waals surface area contributed by atoms with Gasteiger partial charge in [0.25, 0.3) is 0 Å². The van der Waals surface area contributed by atoms with Crippen LogP contribution in [-0.2, 0) is 14.8 Å². The molecule has 1 amide bonds. The maximum atomic E-state index is 12.4. The van der Waals surface area contributed by atoms with Crippen LogP contribution in [0.2, 0.25) is 0 Å². The lowest BCUT2D eigenvalue weighted by Gasteiger charge is -2.21. The molecule has 112 valence electrons. The van der Waals surface area contributed by atoms with Gasteiger partial charge in [0.15, 0.2) is 0 Å². The number of hydrogen-bond acceptors (Lipinski definition) is 4. The number of nitrogens with one attached hydrogen (secondary N) is 1. The van der Waals surface area contributed by atoms with Crippen LogP contribution in [0.4, 0.5) is 5.69 Å². The van der Waals surface area contributed by atoms with Crippen molar-refractivity contribution < 1.29 is 13.2 Å². The predicted octanol–water partition coefficient (Wildman–Crippen LogP) is 0.580. The number of aryl methyl sites for hydroxylation is 1. The molecule has 0 bridgehead atoms. The van der Waals surface area contributed by atoms with Gasteiger partial charge in [-0.15, -0.1) is 0 Å². The van der Waals surface area contributed by atoms with E-state index in [1.165, 1.54) is 20.2 Å². The second kappa shape index (κ2) is 6.23. The maximum absolute atomic E-state index is 12.4. The third-order valence-corrected chi connectivity index (χ3v) is 4.98. The van der Waals surface area contributed by atoms with Gasteiger partial charge in [-0.25, -0.2) is 12.7 Å². The highest BCUT2D eigenvalue weighted by atomic mass is 32.2. The number of benzene rings is 1. The summed E-state index contributed by atoms with van der Waals surface area (Å²) in [5, 5.41) is 2.50. The fraction of sp³-hybridized carbons (Fsp3) is 0.462. The lowest BCUT2D eigenvalue weighted by molar-refractivity contribution is -0.124. The Kier molecular flexibility index (Phi) is 5.13. The average Bonchev–Trinajstić information content (AvgIpc) is 2.36. The molecule has 0 heterocycles. The zero-order valence-electron chi connectivity index (χ0n) is 12.2. The first-order chi connectivity index (χ1) is 9.20. The van der Waals surface area contributed by atoms with Gasteiger partial charge < -0.3 is 11.1 Å². The van der Waals surface area contributed by atoms with Gasteiger partial charge in [0, 0.05) is 26.6 Å². The van der Waals surface area contributed by atoms with E-state index in [0.717, 1.165) is 9.87 Å². The SMILES string of the molecule is CNC(=O)C(C)CN(C)S(=O)(=O)c1ccc(C)cc1N. The van der Waals surface area contributed by atoms with Crippen LogP contribution >= 0.6 is 0 Å². The van der Waals surface area contributed by atoms with E-state index in [2.05, 4.69) is 5.32 Å². The number of nitrogens with zero attached hydrogens (tertiary/aromatic N) is 1. The molecule has 0 spiro atoms. The number of sulfonamides is 1. The molecule has 0 saturated heterocycles. The highest BCUT2D eigenvalue weighted by Crippen LogP contribution is 2.23. The van der Waals surface area contributed by atoms with Crippen molar-refractivity contribution in [1.82, 2.24) is 9.62 Å². The molecular weight excluding hydrogens is 278 g/mol. The number of carbonyl (C=O) groups is 1. The van der Waals surface area contributed by atoms with Crippen molar-refractivity contribution >= 4 is 21.6 Å². The number of nitrogens with two attached hydrogens (primary N) is 1. The number of anilines is 1. The van der Waals surface area contributed by atoms with Crippen LogP contribution in [0, 0.1) is 12.8 Å². The Morgan fingerprint density at radius 2 is 2.05 bits per heavy atom. The van der Waals surface area contributed by atoms with Gasteiger partial charge in [-0.05, 0) is 24.6 Å². The Labute approximate surface area is 120 Å². The second-order valence-electron chi connectivity index (χ2n) is 4.84. The van der Waals surface area contributed by atoms with Gasteiger partial charge in [-0.3, -0.25) is 4.79 Å². The minimum Gasteiger partial charge on any atom is -0.398 e. The minimum atomic E-state index is -3.69. The molecule has 1 rings (SSSR count). The highest BCUT2D eigenvalue weighted by Gasteiger charge is 2.26. The first-order valence-electron chi connectivity index (χ1n) is 6.24. The highest BCUT2D eigenvalue weighted by molar-refractivity contribution is 7.89.